The molecule has 1 aromatic carbocycles. The van der Waals surface area contributed by atoms with Crippen molar-refractivity contribution in [2.45, 2.75) is 25.0 Å². The van der Waals surface area contributed by atoms with Crippen LogP contribution in [0.2, 0.25) is 0 Å². The van der Waals surface area contributed by atoms with Crippen LogP contribution in [-0.2, 0) is 19.1 Å². The SMILES string of the molecule is O=C(Nc1nc2ccc(OCCO)nc2s1)/C(=N\O[C@@H]1CCOC1)c1ccc(C(O)[C@H]2CCOC2)cc1. The highest BCUT2D eigenvalue weighted by atomic mass is 32.1. The molecule has 3 aromatic rings. The summed E-state index contributed by atoms with van der Waals surface area (Å²) in [6.45, 7) is 2.20. The second-order valence-corrected chi connectivity index (χ2v) is 9.72. The number of rotatable bonds is 10. The number of aromatic nitrogens is 2. The number of ether oxygens (including phenoxy) is 3. The van der Waals surface area contributed by atoms with Crippen LogP contribution in [0.15, 0.2) is 41.6 Å². The van der Waals surface area contributed by atoms with Crippen molar-refractivity contribution in [3.05, 3.63) is 47.5 Å². The molecular formula is C25H28N4O7S. The monoisotopic (exact) mass is 528 g/mol. The van der Waals surface area contributed by atoms with E-state index in [-0.39, 0.29) is 30.9 Å². The molecule has 11 nitrogen and oxygen atoms in total. The zero-order valence-electron chi connectivity index (χ0n) is 20.0. The third-order valence-electron chi connectivity index (χ3n) is 6.12. The first-order valence-corrected chi connectivity index (χ1v) is 12.9. The Morgan fingerprint density at radius 2 is 1.95 bits per heavy atom. The van der Waals surface area contributed by atoms with E-state index in [2.05, 4.69) is 20.4 Å². The maximum Gasteiger partial charge on any atom is 0.280 e. The molecule has 37 heavy (non-hydrogen) atoms. The number of hydrogen-bond donors (Lipinski definition) is 3. The number of nitrogens with one attached hydrogen (secondary N) is 1. The van der Waals surface area contributed by atoms with Crippen LogP contribution in [0, 0.1) is 5.92 Å². The fraction of sp³-hybridized carbons (Fsp3) is 0.440. The number of nitrogens with zero attached hydrogens (tertiary/aromatic N) is 3. The molecule has 3 atom stereocenters. The predicted octanol–water partition coefficient (Wildman–Crippen LogP) is 2.28. The molecule has 0 spiro atoms. The number of carbonyl (C=O) groups is 1. The van der Waals surface area contributed by atoms with Crippen molar-refractivity contribution >= 4 is 38.4 Å². The number of carbonyl (C=O) groups excluding carboxylic acids is 1. The molecule has 2 saturated heterocycles. The Hall–Kier alpha value is -3.16. The largest absolute Gasteiger partial charge is 0.475 e. The van der Waals surface area contributed by atoms with Crippen LogP contribution in [0.4, 0.5) is 5.13 Å². The summed E-state index contributed by atoms with van der Waals surface area (Å²) in [6.07, 6.45) is 0.632. The van der Waals surface area contributed by atoms with E-state index in [1.807, 2.05) is 0 Å². The van der Waals surface area contributed by atoms with Gasteiger partial charge in [-0.05, 0) is 18.1 Å². The van der Waals surface area contributed by atoms with Crippen molar-refractivity contribution in [2.75, 3.05) is 45.0 Å². The van der Waals surface area contributed by atoms with Crippen molar-refractivity contribution in [1.82, 2.24) is 9.97 Å². The van der Waals surface area contributed by atoms with Crippen LogP contribution in [0.3, 0.4) is 0 Å². The van der Waals surface area contributed by atoms with Gasteiger partial charge in [0.15, 0.2) is 16.9 Å². The lowest BCUT2D eigenvalue weighted by Crippen LogP contribution is -2.25. The van der Waals surface area contributed by atoms with Crippen molar-refractivity contribution < 1.29 is 34.1 Å². The number of hydrogen-bond acceptors (Lipinski definition) is 11. The smallest absolute Gasteiger partial charge is 0.280 e. The topological polar surface area (TPSA) is 145 Å². The molecule has 1 amide bonds. The number of oxime groups is 1. The Labute approximate surface area is 217 Å². The number of aliphatic hydroxyl groups is 2. The Balaban J connectivity index is 1.35. The number of pyridine rings is 1. The van der Waals surface area contributed by atoms with Crippen molar-refractivity contribution in [3.63, 3.8) is 0 Å². The van der Waals surface area contributed by atoms with Crippen molar-refractivity contribution in [1.29, 1.82) is 0 Å². The van der Waals surface area contributed by atoms with Crippen LogP contribution >= 0.6 is 11.3 Å². The third kappa shape index (κ3) is 6.22. The average Bonchev–Trinajstić information content (AvgIpc) is 3.69. The molecule has 0 aliphatic carbocycles. The van der Waals surface area contributed by atoms with Crippen molar-refractivity contribution in [3.8, 4) is 5.88 Å². The Bertz CT molecular complexity index is 1240. The Morgan fingerprint density at radius 3 is 2.68 bits per heavy atom. The fourth-order valence-electron chi connectivity index (χ4n) is 4.10. The second kappa shape index (κ2) is 11.9. The van der Waals surface area contributed by atoms with Gasteiger partial charge in [-0.25, -0.2) is 9.97 Å². The highest BCUT2D eigenvalue weighted by molar-refractivity contribution is 7.22. The van der Waals surface area contributed by atoms with Gasteiger partial charge >= 0.3 is 0 Å². The highest BCUT2D eigenvalue weighted by Crippen LogP contribution is 2.29. The molecular weight excluding hydrogens is 500 g/mol. The summed E-state index contributed by atoms with van der Waals surface area (Å²) in [5.41, 5.74) is 1.97. The van der Waals surface area contributed by atoms with Gasteiger partial charge in [-0.15, -0.1) is 0 Å². The van der Waals surface area contributed by atoms with Gasteiger partial charge in [-0.3, -0.25) is 10.1 Å². The van der Waals surface area contributed by atoms with Gasteiger partial charge in [0, 0.05) is 30.6 Å². The summed E-state index contributed by atoms with van der Waals surface area (Å²) < 4.78 is 16.1. The number of thiazole rings is 1. The lowest BCUT2D eigenvalue weighted by atomic mass is 9.94. The molecule has 0 bridgehead atoms. The minimum atomic E-state index is -0.640. The molecule has 4 heterocycles. The van der Waals surface area contributed by atoms with Gasteiger partial charge in [-0.2, -0.15) is 0 Å². The summed E-state index contributed by atoms with van der Waals surface area (Å²) in [4.78, 5) is 28.3. The first-order chi connectivity index (χ1) is 18.1. The molecule has 1 unspecified atom stereocenters. The van der Waals surface area contributed by atoms with Gasteiger partial charge in [0.1, 0.15) is 17.0 Å². The number of benzene rings is 1. The quantitative estimate of drug-likeness (QED) is 0.267. The minimum absolute atomic E-state index is 0.0511. The fourth-order valence-corrected chi connectivity index (χ4v) is 4.93. The predicted molar refractivity (Wildman–Crippen MR) is 136 cm³/mol. The molecule has 0 saturated carbocycles. The van der Waals surface area contributed by atoms with E-state index < -0.39 is 12.0 Å². The van der Waals surface area contributed by atoms with E-state index in [0.717, 1.165) is 12.0 Å². The standard InChI is InChI=1S/C25H28N4O7S/c30-9-12-35-20-6-5-19-24(27-20)37-25(26-19)28-23(32)21(29-36-18-8-11-34-14-18)15-1-3-16(4-2-15)22(31)17-7-10-33-13-17/h1-6,17-18,22,30-31H,7-14H2,(H,26,28,32)/b29-21-/t17-,18+,22?/m0/s1. The van der Waals surface area contributed by atoms with Gasteiger partial charge < -0.3 is 29.3 Å². The van der Waals surface area contributed by atoms with Crippen LogP contribution in [0.5, 0.6) is 5.88 Å². The van der Waals surface area contributed by atoms with Crippen LogP contribution in [-0.4, -0.2) is 77.5 Å². The summed E-state index contributed by atoms with van der Waals surface area (Å²) in [5, 5.41) is 26.9. The molecule has 196 valence electrons. The zero-order chi connectivity index (χ0) is 25.6. The van der Waals surface area contributed by atoms with Gasteiger partial charge in [0.25, 0.3) is 5.91 Å². The molecule has 3 N–H and O–H groups in total. The number of fused-ring (bicyclic) bond motifs is 1. The summed E-state index contributed by atoms with van der Waals surface area (Å²) in [6, 6.07) is 10.4. The van der Waals surface area contributed by atoms with Crippen molar-refractivity contribution in [2.24, 2.45) is 11.1 Å². The molecule has 2 aliphatic heterocycles. The van der Waals surface area contributed by atoms with E-state index in [9.17, 15) is 9.90 Å². The minimum Gasteiger partial charge on any atom is -0.475 e. The Morgan fingerprint density at radius 1 is 1.14 bits per heavy atom. The maximum absolute atomic E-state index is 13.3. The number of amides is 1. The molecule has 2 aliphatic rings. The van der Waals surface area contributed by atoms with E-state index in [0.29, 0.717) is 59.8 Å². The molecule has 12 heteroatoms. The number of anilines is 1. The van der Waals surface area contributed by atoms with Crippen LogP contribution in [0.25, 0.3) is 10.3 Å². The second-order valence-electron chi connectivity index (χ2n) is 8.74. The zero-order valence-corrected chi connectivity index (χ0v) is 20.9. The molecule has 2 fully saturated rings. The van der Waals surface area contributed by atoms with E-state index >= 15 is 0 Å². The summed E-state index contributed by atoms with van der Waals surface area (Å²) in [7, 11) is 0. The van der Waals surface area contributed by atoms with Gasteiger partial charge in [0.2, 0.25) is 5.88 Å². The summed E-state index contributed by atoms with van der Waals surface area (Å²) in [5.74, 6) is -0.0774. The molecule has 0 radical (unpaired) electrons. The first kappa shape index (κ1) is 25.5. The first-order valence-electron chi connectivity index (χ1n) is 12.1. The Kier molecular flexibility index (Phi) is 8.21. The maximum atomic E-state index is 13.3. The van der Waals surface area contributed by atoms with E-state index in [1.54, 1.807) is 36.4 Å². The molecule has 5 rings (SSSR count). The molecule has 2 aromatic heterocycles. The lowest BCUT2D eigenvalue weighted by molar-refractivity contribution is -0.110. The average molecular weight is 529 g/mol. The van der Waals surface area contributed by atoms with E-state index in [1.165, 1.54) is 11.3 Å². The third-order valence-corrected chi connectivity index (χ3v) is 7.01. The lowest BCUT2D eigenvalue weighted by Gasteiger charge is -2.17. The normalized spacial score (nSPS) is 20.8. The van der Waals surface area contributed by atoms with Gasteiger partial charge in [0.05, 0.1) is 32.5 Å². The van der Waals surface area contributed by atoms with Crippen LogP contribution < -0.4 is 10.1 Å². The summed E-state index contributed by atoms with van der Waals surface area (Å²) >= 11 is 1.19. The van der Waals surface area contributed by atoms with Crippen LogP contribution in [0.1, 0.15) is 30.1 Å². The highest BCUT2D eigenvalue weighted by Gasteiger charge is 2.26. The number of aliphatic hydroxyl groups excluding tert-OH is 2. The van der Waals surface area contributed by atoms with E-state index in [4.69, 9.17) is 24.2 Å². The van der Waals surface area contributed by atoms with Gasteiger partial charge in [-0.1, -0.05) is 40.8 Å².